The molecule has 1 heterocycles. The molecule has 0 atom stereocenters. The lowest BCUT2D eigenvalue weighted by Crippen LogP contribution is -2.24. The molecule has 8 heteroatoms. The van der Waals surface area contributed by atoms with Gasteiger partial charge in [0.1, 0.15) is 17.1 Å². The van der Waals surface area contributed by atoms with Crippen LogP contribution < -0.4 is 14.8 Å². The second-order valence-corrected chi connectivity index (χ2v) is 5.77. The largest absolute Gasteiger partial charge is 0.573 e. The first-order chi connectivity index (χ1) is 12.8. The third-order valence-corrected chi connectivity index (χ3v) is 3.86. The van der Waals surface area contributed by atoms with Crippen LogP contribution in [-0.4, -0.2) is 19.4 Å². The maximum absolute atomic E-state index is 12.2. The summed E-state index contributed by atoms with van der Waals surface area (Å²) < 4.78 is 50.8. The average Bonchev–Trinajstić information content (AvgIpc) is 3.02. The number of hydrogen-bond acceptors (Lipinski definition) is 4. The number of nitrogens with one attached hydrogen (secondary N) is 1. The van der Waals surface area contributed by atoms with Crippen molar-refractivity contribution in [1.29, 1.82) is 0 Å². The molecule has 0 spiro atoms. The smallest absolute Gasteiger partial charge is 0.497 e. The third-order valence-electron chi connectivity index (χ3n) is 3.86. The number of carbonyl (C=O) groups is 1. The lowest BCUT2D eigenvalue weighted by atomic mass is 10.1. The van der Waals surface area contributed by atoms with E-state index in [0.717, 1.165) is 10.9 Å². The molecule has 1 N–H and O–H groups in total. The molecule has 1 amide bonds. The first-order valence-corrected chi connectivity index (χ1v) is 7.99. The van der Waals surface area contributed by atoms with Gasteiger partial charge in [0.2, 0.25) is 5.91 Å². The van der Waals surface area contributed by atoms with Crippen LogP contribution in [0.1, 0.15) is 11.1 Å². The molecule has 0 bridgehead atoms. The van der Waals surface area contributed by atoms with Crippen LogP contribution in [0.5, 0.6) is 11.5 Å². The fraction of sp³-hybridized carbons (Fsp3) is 0.211. The summed E-state index contributed by atoms with van der Waals surface area (Å²) in [5.74, 6) is 0.118. The summed E-state index contributed by atoms with van der Waals surface area (Å²) in [6, 6.07) is 10.7. The lowest BCUT2D eigenvalue weighted by molar-refractivity contribution is -0.274. The molecule has 0 radical (unpaired) electrons. The quantitative estimate of drug-likeness (QED) is 0.697. The van der Waals surface area contributed by atoms with E-state index in [1.54, 1.807) is 19.2 Å². The molecule has 0 saturated carbocycles. The number of ether oxygens (including phenoxy) is 2. The summed E-state index contributed by atoms with van der Waals surface area (Å²) in [6.07, 6.45) is -3.09. The molecular weight excluding hydrogens is 363 g/mol. The van der Waals surface area contributed by atoms with Crippen molar-refractivity contribution in [1.82, 2.24) is 5.32 Å². The van der Waals surface area contributed by atoms with Crippen LogP contribution in [0.4, 0.5) is 13.2 Å². The van der Waals surface area contributed by atoms with Gasteiger partial charge in [-0.3, -0.25) is 4.79 Å². The molecule has 0 aliphatic carbocycles. The van der Waals surface area contributed by atoms with Gasteiger partial charge in [0.15, 0.2) is 0 Å². The van der Waals surface area contributed by atoms with Crippen molar-refractivity contribution in [2.45, 2.75) is 19.3 Å². The number of fused-ring (bicyclic) bond motifs is 1. The highest BCUT2D eigenvalue weighted by Gasteiger charge is 2.30. The summed E-state index contributed by atoms with van der Waals surface area (Å²) in [7, 11) is 1.56. The van der Waals surface area contributed by atoms with Crippen molar-refractivity contribution in [2.24, 2.45) is 0 Å². The van der Waals surface area contributed by atoms with Crippen LogP contribution >= 0.6 is 0 Å². The van der Waals surface area contributed by atoms with Crippen molar-refractivity contribution in [3.05, 3.63) is 59.9 Å². The molecule has 1 aromatic heterocycles. The molecule has 0 saturated heterocycles. The maximum Gasteiger partial charge on any atom is 0.573 e. The van der Waals surface area contributed by atoms with Crippen molar-refractivity contribution in [3.8, 4) is 11.5 Å². The van der Waals surface area contributed by atoms with Gasteiger partial charge in [-0.05, 0) is 29.8 Å². The monoisotopic (exact) mass is 379 g/mol. The topological polar surface area (TPSA) is 60.7 Å². The van der Waals surface area contributed by atoms with Gasteiger partial charge in [-0.1, -0.05) is 12.1 Å². The SMILES string of the molecule is COc1ccc2c(CC(=O)NCc3ccc(OC(F)(F)F)cc3)coc2c1. The van der Waals surface area contributed by atoms with Crippen LogP contribution in [0.2, 0.25) is 0 Å². The molecule has 2 aromatic carbocycles. The molecule has 142 valence electrons. The molecule has 0 unspecified atom stereocenters. The van der Waals surface area contributed by atoms with E-state index in [9.17, 15) is 18.0 Å². The van der Waals surface area contributed by atoms with Gasteiger partial charge in [0.25, 0.3) is 0 Å². The minimum Gasteiger partial charge on any atom is -0.497 e. The highest BCUT2D eigenvalue weighted by atomic mass is 19.4. The van der Waals surface area contributed by atoms with E-state index in [1.165, 1.54) is 30.5 Å². The van der Waals surface area contributed by atoms with Crippen molar-refractivity contribution >= 4 is 16.9 Å². The van der Waals surface area contributed by atoms with Gasteiger partial charge in [0, 0.05) is 23.6 Å². The highest BCUT2D eigenvalue weighted by Crippen LogP contribution is 2.26. The van der Waals surface area contributed by atoms with E-state index in [-0.39, 0.29) is 24.6 Å². The predicted molar refractivity (Wildman–Crippen MR) is 91.4 cm³/mol. The molecule has 27 heavy (non-hydrogen) atoms. The van der Waals surface area contributed by atoms with Gasteiger partial charge in [-0.25, -0.2) is 0 Å². The average molecular weight is 379 g/mol. The third kappa shape index (κ3) is 4.93. The zero-order valence-corrected chi connectivity index (χ0v) is 14.3. The number of benzene rings is 2. The number of furan rings is 1. The molecule has 0 fully saturated rings. The van der Waals surface area contributed by atoms with E-state index < -0.39 is 6.36 Å². The Labute approximate surface area is 152 Å². The first-order valence-electron chi connectivity index (χ1n) is 7.99. The van der Waals surface area contributed by atoms with Crippen molar-refractivity contribution in [2.75, 3.05) is 7.11 Å². The Morgan fingerprint density at radius 2 is 1.81 bits per heavy atom. The Hall–Kier alpha value is -3.16. The van der Waals surface area contributed by atoms with Crippen LogP contribution in [-0.2, 0) is 17.8 Å². The number of rotatable bonds is 6. The van der Waals surface area contributed by atoms with Crippen LogP contribution in [0.3, 0.4) is 0 Å². The van der Waals surface area contributed by atoms with E-state index in [1.807, 2.05) is 6.07 Å². The van der Waals surface area contributed by atoms with Gasteiger partial charge >= 0.3 is 6.36 Å². The zero-order chi connectivity index (χ0) is 19.4. The molecule has 3 aromatic rings. The van der Waals surface area contributed by atoms with E-state index >= 15 is 0 Å². The van der Waals surface area contributed by atoms with Crippen LogP contribution in [0.15, 0.2) is 53.1 Å². The van der Waals surface area contributed by atoms with Gasteiger partial charge in [-0.2, -0.15) is 0 Å². The lowest BCUT2D eigenvalue weighted by Gasteiger charge is -2.09. The Bertz CT molecular complexity index is 932. The second kappa shape index (κ2) is 7.61. The normalized spacial score (nSPS) is 11.4. The summed E-state index contributed by atoms with van der Waals surface area (Å²) in [4.78, 5) is 12.2. The summed E-state index contributed by atoms with van der Waals surface area (Å²) in [5.41, 5.74) is 2.01. The summed E-state index contributed by atoms with van der Waals surface area (Å²) in [6.45, 7) is 0.189. The van der Waals surface area contributed by atoms with Gasteiger partial charge in [-0.15, -0.1) is 13.2 Å². The number of carbonyl (C=O) groups excluding carboxylic acids is 1. The zero-order valence-electron chi connectivity index (χ0n) is 14.3. The fourth-order valence-electron chi connectivity index (χ4n) is 2.57. The van der Waals surface area contributed by atoms with Crippen molar-refractivity contribution < 1.29 is 31.9 Å². The Balaban J connectivity index is 1.57. The Morgan fingerprint density at radius 1 is 1.11 bits per heavy atom. The minimum atomic E-state index is -4.73. The predicted octanol–water partition coefficient (Wildman–Crippen LogP) is 4.20. The number of hydrogen-bond donors (Lipinski definition) is 1. The van der Waals surface area contributed by atoms with Crippen LogP contribution in [0, 0.1) is 0 Å². The minimum absolute atomic E-state index is 0.120. The molecule has 0 aliphatic heterocycles. The van der Waals surface area contributed by atoms with E-state index in [4.69, 9.17) is 9.15 Å². The number of halogens is 3. The van der Waals surface area contributed by atoms with E-state index in [0.29, 0.717) is 16.9 Å². The standard InChI is InChI=1S/C19H16F3NO4/c1-25-15-6-7-16-13(11-26-17(16)9-15)8-18(24)23-10-12-2-4-14(5-3-12)27-19(20,21)22/h2-7,9,11H,8,10H2,1H3,(H,23,24). The highest BCUT2D eigenvalue weighted by molar-refractivity contribution is 5.88. The van der Waals surface area contributed by atoms with E-state index in [2.05, 4.69) is 10.1 Å². The summed E-state index contributed by atoms with van der Waals surface area (Å²) >= 11 is 0. The molecule has 0 aliphatic rings. The number of amides is 1. The van der Waals surface area contributed by atoms with Crippen molar-refractivity contribution in [3.63, 3.8) is 0 Å². The van der Waals surface area contributed by atoms with Gasteiger partial charge in [0.05, 0.1) is 19.8 Å². The number of alkyl halides is 3. The molecule has 5 nitrogen and oxygen atoms in total. The summed E-state index contributed by atoms with van der Waals surface area (Å²) in [5, 5.41) is 3.54. The second-order valence-electron chi connectivity index (χ2n) is 5.77. The van der Waals surface area contributed by atoms with Crippen LogP contribution in [0.25, 0.3) is 11.0 Å². The number of methoxy groups -OCH3 is 1. The fourth-order valence-corrected chi connectivity index (χ4v) is 2.57. The Kier molecular flexibility index (Phi) is 5.25. The molecular formula is C19H16F3NO4. The molecule has 3 rings (SSSR count). The maximum atomic E-state index is 12.2. The first kappa shape index (κ1) is 18.6. The van der Waals surface area contributed by atoms with Gasteiger partial charge < -0.3 is 19.2 Å². The Morgan fingerprint density at radius 3 is 2.48 bits per heavy atom.